The molecule has 0 aliphatic rings. The molecule has 0 unspecified atom stereocenters. The zero-order chi connectivity index (χ0) is 23.1. The van der Waals surface area contributed by atoms with Crippen LogP contribution in [0.4, 0.5) is 23.0 Å². The molecule has 1 aromatic carbocycles. The Morgan fingerprint density at radius 2 is 1.75 bits per heavy atom. The number of hydrogen-bond donors (Lipinski definition) is 2. The van der Waals surface area contributed by atoms with Gasteiger partial charge in [0.25, 0.3) is 0 Å². The predicted octanol–water partition coefficient (Wildman–Crippen LogP) is 3.17. The first-order chi connectivity index (χ1) is 15.4. The summed E-state index contributed by atoms with van der Waals surface area (Å²) >= 11 is 0. The number of hydrogen-bond acceptors (Lipinski definition) is 9. The maximum Gasteiger partial charge on any atom is 0.353 e. The highest BCUT2D eigenvalue weighted by Gasteiger charge is 2.24. The van der Waals surface area contributed by atoms with Crippen LogP contribution in [0.15, 0.2) is 60.0 Å². The third kappa shape index (κ3) is 5.15. The lowest BCUT2D eigenvalue weighted by molar-refractivity contribution is -0.383. The van der Waals surface area contributed by atoms with Crippen molar-refractivity contribution < 1.29 is 13.3 Å². The summed E-state index contributed by atoms with van der Waals surface area (Å²) in [5, 5.41) is 17.5. The van der Waals surface area contributed by atoms with Gasteiger partial charge in [0.05, 0.1) is 9.82 Å². The van der Waals surface area contributed by atoms with E-state index >= 15 is 0 Å². The molecule has 2 heterocycles. The molecular formula is C20H23N7O4S. The van der Waals surface area contributed by atoms with Crippen molar-refractivity contribution in [3.8, 4) is 0 Å². The highest BCUT2D eigenvalue weighted by Crippen LogP contribution is 2.31. The molecule has 11 nitrogen and oxygen atoms in total. The van der Waals surface area contributed by atoms with Crippen molar-refractivity contribution in [2.24, 2.45) is 0 Å². The van der Waals surface area contributed by atoms with Crippen molar-refractivity contribution in [1.29, 1.82) is 0 Å². The Kier molecular flexibility index (Phi) is 7.28. The first-order valence-electron chi connectivity index (χ1n) is 9.86. The van der Waals surface area contributed by atoms with Crippen LogP contribution in [-0.2, 0) is 16.6 Å². The van der Waals surface area contributed by atoms with E-state index in [0.717, 1.165) is 5.56 Å². The average Bonchev–Trinajstić information content (AvgIpc) is 2.79. The van der Waals surface area contributed by atoms with Gasteiger partial charge in [-0.1, -0.05) is 19.9 Å². The van der Waals surface area contributed by atoms with Gasteiger partial charge < -0.3 is 10.6 Å². The summed E-state index contributed by atoms with van der Waals surface area (Å²) in [4.78, 5) is 23.3. The normalized spacial score (nSPS) is 11.3. The molecule has 0 atom stereocenters. The number of rotatable bonds is 10. The Morgan fingerprint density at radius 1 is 1.06 bits per heavy atom. The van der Waals surface area contributed by atoms with Crippen LogP contribution in [0.2, 0.25) is 0 Å². The van der Waals surface area contributed by atoms with Crippen molar-refractivity contribution in [3.63, 3.8) is 0 Å². The fourth-order valence-corrected chi connectivity index (χ4v) is 4.48. The van der Waals surface area contributed by atoms with Crippen LogP contribution >= 0.6 is 0 Å². The minimum Gasteiger partial charge on any atom is -0.360 e. The Hall–Kier alpha value is -3.64. The maximum atomic E-state index is 12.6. The molecule has 0 radical (unpaired) electrons. The van der Waals surface area contributed by atoms with Gasteiger partial charge in [0, 0.05) is 37.7 Å². The molecule has 0 aliphatic heterocycles. The largest absolute Gasteiger partial charge is 0.360 e. The molecular weight excluding hydrogens is 434 g/mol. The number of benzene rings is 1. The molecule has 0 fully saturated rings. The van der Waals surface area contributed by atoms with E-state index in [2.05, 4.69) is 25.6 Å². The van der Waals surface area contributed by atoms with Crippen LogP contribution in [0.3, 0.4) is 0 Å². The lowest BCUT2D eigenvalue weighted by Crippen LogP contribution is -2.30. The van der Waals surface area contributed by atoms with Crippen molar-refractivity contribution in [1.82, 2.24) is 19.3 Å². The minimum absolute atomic E-state index is 0.0157. The Morgan fingerprint density at radius 3 is 2.34 bits per heavy atom. The maximum absolute atomic E-state index is 12.6. The Labute approximate surface area is 185 Å². The molecule has 3 rings (SSSR count). The van der Waals surface area contributed by atoms with Gasteiger partial charge in [0.1, 0.15) is 6.33 Å². The summed E-state index contributed by atoms with van der Waals surface area (Å²) in [6.07, 6.45) is 4.49. The van der Waals surface area contributed by atoms with Crippen LogP contribution in [0.5, 0.6) is 0 Å². The third-order valence-electron chi connectivity index (χ3n) is 4.65. The number of pyridine rings is 1. The van der Waals surface area contributed by atoms with Gasteiger partial charge in [0.15, 0.2) is 0 Å². The summed E-state index contributed by atoms with van der Waals surface area (Å²) in [6.45, 7) is 4.56. The number of nitrogens with zero attached hydrogens (tertiary/aromatic N) is 5. The molecule has 0 aliphatic carbocycles. The number of sulfonamides is 1. The second-order valence-electron chi connectivity index (χ2n) is 6.63. The molecule has 168 valence electrons. The predicted molar refractivity (Wildman–Crippen MR) is 120 cm³/mol. The van der Waals surface area contributed by atoms with E-state index < -0.39 is 14.9 Å². The van der Waals surface area contributed by atoms with Crippen LogP contribution < -0.4 is 10.6 Å². The quantitative estimate of drug-likeness (QED) is 0.346. The van der Waals surface area contributed by atoms with Gasteiger partial charge in [-0.05, 0) is 35.9 Å². The van der Waals surface area contributed by atoms with Gasteiger partial charge in [-0.2, -0.15) is 4.31 Å². The second kappa shape index (κ2) is 10.1. The molecule has 0 bridgehead atoms. The highest BCUT2D eigenvalue weighted by atomic mass is 32.2. The van der Waals surface area contributed by atoms with Crippen LogP contribution in [0, 0.1) is 10.1 Å². The van der Waals surface area contributed by atoms with Gasteiger partial charge in [-0.3, -0.25) is 15.1 Å². The van der Waals surface area contributed by atoms with Gasteiger partial charge in [0.2, 0.25) is 21.7 Å². The first kappa shape index (κ1) is 23.0. The van der Waals surface area contributed by atoms with E-state index in [-0.39, 0.29) is 22.2 Å². The molecule has 12 heteroatoms. The van der Waals surface area contributed by atoms with E-state index in [1.54, 1.807) is 32.3 Å². The summed E-state index contributed by atoms with van der Waals surface area (Å²) in [5.41, 5.74) is 0.958. The Balaban J connectivity index is 1.83. The number of nitrogens with one attached hydrogen (secondary N) is 2. The third-order valence-corrected chi connectivity index (χ3v) is 6.71. The first-order valence-corrected chi connectivity index (χ1v) is 11.3. The SMILES string of the molecule is CCN(CC)S(=O)(=O)c1ccc(Nc2ncnc(NCc3cccnc3)c2[N+](=O)[O-])cc1. The standard InChI is InChI=1S/C20H23N7O4S/c1-3-26(4-2)32(30,31)17-9-7-16(8-10-17)25-20-18(27(28)29)19(23-14-24-20)22-13-15-6-5-11-21-12-15/h5-12,14H,3-4,13H2,1-2H3,(H2,22,23,24,25). The second-order valence-corrected chi connectivity index (χ2v) is 8.57. The van der Waals surface area contributed by atoms with Gasteiger partial charge in [-0.25, -0.2) is 18.4 Å². The molecule has 32 heavy (non-hydrogen) atoms. The lowest BCUT2D eigenvalue weighted by atomic mass is 10.3. The van der Waals surface area contributed by atoms with Crippen LogP contribution in [0.1, 0.15) is 19.4 Å². The monoisotopic (exact) mass is 457 g/mol. The van der Waals surface area contributed by atoms with Crippen molar-refractivity contribution in [2.75, 3.05) is 23.7 Å². The molecule has 2 N–H and O–H groups in total. The van der Waals surface area contributed by atoms with E-state index in [9.17, 15) is 18.5 Å². The zero-order valence-electron chi connectivity index (χ0n) is 17.6. The molecule has 3 aromatic rings. The summed E-state index contributed by atoms with van der Waals surface area (Å²) in [5.74, 6) is 0.0371. The Bertz CT molecular complexity index is 1170. The fraction of sp³-hybridized carbons (Fsp3) is 0.250. The van der Waals surface area contributed by atoms with Crippen LogP contribution in [-0.4, -0.2) is 45.7 Å². The highest BCUT2D eigenvalue weighted by molar-refractivity contribution is 7.89. The summed E-state index contributed by atoms with van der Waals surface area (Å²) in [7, 11) is -3.60. The molecule has 0 spiro atoms. The van der Waals surface area contributed by atoms with Crippen molar-refractivity contribution in [2.45, 2.75) is 25.3 Å². The van der Waals surface area contributed by atoms with Gasteiger partial charge in [-0.15, -0.1) is 0 Å². The zero-order valence-corrected chi connectivity index (χ0v) is 18.4. The number of anilines is 3. The summed E-state index contributed by atoms with van der Waals surface area (Å²) in [6, 6.07) is 9.56. The topological polar surface area (TPSA) is 143 Å². The number of nitro groups is 1. The van der Waals surface area contributed by atoms with E-state index in [1.807, 2.05) is 6.07 Å². The van der Waals surface area contributed by atoms with Gasteiger partial charge >= 0.3 is 5.69 Å². The van der Waals surface area contributed by atoms with E-state index in [1.165, 1.54) is 34.9 Å². The average molecular weight is 458 g/mol. The molecule has 2 aromatic heterocycles. The minimum atomic E-state index is -3.60. The van der Waals surface area contributed by atoms with Crippen molar-refractivity contribution in [3.05, 3.63) is 70.8 Å². The van der Waals surface area contributed by atoms with Crippen molar-refractivity contribution >= 4 is 33.0 Å². The lowest BCUT2D eigenvalue weighted by Gasteiger charge is -2.18. The summed E-state index contributed by atoms with van der Waals surface area (Å²) < 4.78 is 26.6. The smallest absolute Gasteiger partial charge is 0.353 e. The van der Waals surface area contributed by atoms with E-state index in [0.29, 0.717) is 25.3 Å². The fourth-order valence-electron chi connectivity index (χ4n) is 3.02. The van der Waals surface area contributed by atoms with E-state index in [4.69, 9.17) is 0 Å². The van der Waals surface area contributed by atoms with Crippen LogP contribution in [0.25, 0.3) is 0 Å². The molecule has 0 amide bonds. The molecule has 0 saturated heterocycles. The molecule has 0 saturated carbocycles. The number of aromatic nitrogens is 3.